The van der Waals surface area contributed by atoms with E-state index in [1.54, 1.807) is 21.3 Å². The van der Waals surface area contributed by atoms with Crippen LogP contribution < -0.4 is 0 Å². The van der Waals surface area contributed by atoms with Crippen LogP contribution in [0.3, 0.4) is 0 Å². The van der Waals surface area contributed by atoms with Crippen molar-refractivity contribution in [3.63, 3.8) is 0 Å². The molecule has 0 aliphatic carbocycles. The maximum atomic E-state index is 5.46. The SMILES string of the molecule is CC[Si](CC)(CC)SC[Si](OC)(OC)OC. The van der Waals surface area contributed by atoms with Crippen molar-refractivity contribution in [3.8, 4) is 0 Å². The summed E-state index contributed by atoms with van der Waals surface area (Å²) in [7, 11) is 1.52. The Bertz CT molecular complexity index is 148. The maximum Gasteiger partial charge on any atom is 0.510 e. The lowest BCUT2D eigenvalue weighted by atomic mass is 10.9. The molecule has 0 fully saturated rings. The van der Waals surface area contributed by atoms with Gasteiger partial charge in [-0.3, -0.25) is 0 Å². The molecule has 3 nitrogen and oxygen atoms in total. The van der Waals surface area contributed by atoms with Gasteiger partial charge in [-0.25, -0.2) is 0 Å². The van der Waals surface area contributed by atoms with Gasteiger partial charge < -0.3 is 13.3 Å². The minimum absolute atomic E-state index is 0.887. The van der Waals surface area contributed by atoms with Crippen LogP contribution in [0.2, 0.25) is 18.1 Å². The summed E-state index contributed by atoms with van der Waals surface area (Å²) < 4.78 is 16.4. The molecular weight excluding hydrogens is 256 g/mol. The van der Waals surface area contributed by atoms with E-state index in [0.29, 0.717) is 0 Å². The Morgan fingerprint density at radius 3 is 1.44 bits per heavy atom. The summed E-state index contributed by atoms with van der Waals surface area (Å²) in [6.45, 7) is 6.92. The van der Waals surface area contributed by atoms with Crippen molar-refractivity contribution in [1.82, 2.24) is 0 Å². The molecule has 0 radical (unpaired) electrons. The lowest BCUT2D eigenvalue weighted by Crippen LogP contribution is -2.48. The second-order valence-corrected chi connectivity index (χ2v) is 15.8. The molecule has 0 aromatic carbocycles. The average Bonchev–Trinajstić information content (AvgIpc) is 2.37. The quantitative estimate of drug-likeness (QED) is 0.607. The predicted octanol–water partition coefficient (Wildman–Crippen LogP) is 3.14. The summed E-state index contributed by atoms with van der Waals surface area (Å²) in [5, 5.41) is 0.887. The minimum Gasteiger partial charge on any atom is -0.376 e. The van der Waals surface area contributed by atoms with Crippen LogP contribution in [0.4, 0.5) is 0 Å². The van der Waals surface area contributed by atoms with Crippen LogP contribution in [0.1, 0.15) is 20.8 Å². The number of hydrogen-bond acceptors (Lipinski definition) is 4. The molecule has 0 aromatic heterocycles. The zero-order chi connectivity index (χ0) is 12.7. The van der Waals surface area contributed by atoms with E-state index in [4.69, 9.17) is 13.3 Å². The molecule has 0 rings (SSSR count). The van der Waals surface area contributed by atoms with Crippen LogP contribution in [0.5, 0.6) is 0 Å². The molecule has 0 aromatic rings. The van der Waals surface area contributed by atoms with Gasteiger partial charge in [-0.05, 0) is 0 Å². The Kier molecular flexibility index (Phi) is 8.22. The molecule has 0 saturated carbocycles. The Morgan fingerprint density at radius 2 is 1.19 bits per heavy atom. The molecule has 0 aliphatic rings. The van der Waals surface area contributed by atoms with E-state index in [2.05, 4.69) is 32.0 Å². The van der Waals surface area contributed by atoms with Gasteiger partial charge in [-0.15, -0.1) is 0 Å². The van der Waals surface area contributed by atoms with Gasteiger partial charge >= 0.3 is 8.80 Å². The van der Waals surface area contributed by atoms with Gasteiger partial charge in [0, 0.05) is 21.3 Å². The number of rotatable bonds is 9. The van der Waals surface area contributed by atoms with E-state index < -0.39 is 16.0 Å². The summed E-state index contributed by atoms with van der Waals surface area (Å²) >= 11 is 2.08. The molecule has 0 saturated heterocycles. The van der Waals surface area contributed by atoms with Gasteiger partial charge in [0.25, 0.3) is 0 Å². The smallest absolute Gasteiger partial charge is 0.376 e. The lowest BCUT2D eigenvalue weighted by Gasteiger charge is -2.31. The Balaban J connectivity index is 4.48. The molecular formula is C10H26O3SSi2. The molecule has 0 N–H and O–H groups in total. The monoisotopic (exact) mass is 282 g/mol. The molecule has 6 heteroatoms. The van der Waals surface area contributed by atoms with Crippen LogP contribution in [0.25, 0.3) is 0 Å². The first-order chi connectivity index (χ1) is 7.57. The highest BCUT2D eigenvalue weighted by Gasteiger charge is 2.41. The Labute approximate surface area is 106 Å². The summed E-state index contributed by atoms with van der Waals surface area (Å²) in [5.74, 6) is 0. The van der Waals surface area contributed by atoms with Crippen molar-refractivity contribution in [2.75, 3.05) is 26.7 Å². The average molecular weight is 283 g/mol. The molecule has 16 heavy (non-hydrogen) atoms. The van der Waals surface area contributed by atoms with Gasteiger partial charge in [0.2, 0.25) is 0 Å². The molecule has 0 heterocycles. The Morgan fingerprint density at radius 1 is 0.812 bits per heavy atom. The van der Waals surface area contributed by atoms with Gasteiger partial charge in [-0.1, -0.05) is 38.9 Å². The van der Waals surface area contributed by atoms with Gasteiger partial charge in [-0.2, -0.15) is 11.2 Å². The van der Waals surface area contributed by atoms with Gasteiger partial charge in [0.1, 0.15) is 7.22 Å². The first-order valence-electron chi connectivity index (χ1n) is 5.87. The molecule has 98 valence electrons. The fourth-order valence-corrected chi connectivity index (χ4v) is 13.9. The highest BCUT2D eigenvalue weighted by Crippen LogP contribution is 2.34. The third-order valence-corrected chi connectivity index (χ3v) is 17.5. The van der Waals surface area contributed by atoms with Crippen LogP contribution >= 0.6 is 11.2 Å². The molecule has 0 spiro atoms. The summed E-state index contributed by atoms with van der Waals surface area (Å²) in [6, 6.07) is 3.94. The maximum absolute atomic E-state index is 5.46. The van der Waals surface area contributed by atoms with E-state index >= 15 is 0 Å². The van der Waals surface area contributed by atoms with Crippen LogP contribution in [-0.2, 0) is 13.3 Å². The highest BCUT2D eigenvalue weighted by molar-refractivity contribution is 8.29. The fourth-order valence-electron chi connectivity index (χ4n) is 1.72. The minimum atomic E-state index is -2.38. The standard InChI is InChI=1S/C10H26O3SSi2/c1-7-15(8-2,9-3)14-10-16(11-4,12-5)13-6/h7-10H2,1-6H3. The Hall–Kier alpha value is 0.664. The largest absolute Gasteiger partial charge is 0.510 e. The van der Waals surface area contributed by atoms with Crippen molar-refractivity contribution < 1.29 is 13.3 Å². The molecule has 0 bridgehead atoms. The van der Waals surface area contributed by atoms with Crippen molar-refractivity contribution >= 4 is 27.2 Å². The van der Waals surface area contributed by atoms with Crippen molar-refractivity contribution in [3.05, 3.63) is 0 Å². The second-order valence-electron chi connectivity index (χ2n) is 3.83. The van der Waals surface area contributed by atoms with Crippen molar-refractivity contribution in [2.24, 2.45) is 0 Å². The summed E-state index contributed by atoms with van der Waals surface area (Å²) in [4.78, 5) is 0. The normalized spacial score (nSPS) is 13.1. The molecule has 0 aliphatic heterocycles. The van der Waals surface area contributed by atoms with Crippen LogP contribution in [-0.4, -0.2) is 42.7 Å². The number of hydrogen-bond donors (Lipinski definition) is 0. The predicted molar refractivity (Wildman–Crippen MR) is 76.4 cm³/mol. The topological polar surface area (TPSA) is 27.7 Å². The first kappa shape index (κ1) is 16.7. The third-order valence-electron chi connectivity index (χ3n) is 3.42. The molecule has 0 unspecified atom stereocenters. The van der Waals surface area contributed by atoms with Crippen LogP contribution in [0, 0.1) is 0 Å². The summed E-state index contributed by atoms with van der Waals surface area (Å²) in [6.07, 6.45) is 0. The van der Waals surface area contributed by atoms with Gasteiger partial charge in [0.05, 0.1) is 5.38 Å². The highest BCUT2D eigenvalue weighted by atomic mass is 32.4. The van der Waals surface area contributed by atoms with Crippen molar-refractivity contribution in [2.45, 2.75) is 38.9 Å². The van der Waals surface area contributed by atoms with Gasteiger partial charge in [0.15, 0.2) is 0 Å². The zero-order valence-corrected chi connectivity index (χ0v) is 14.3. The van der Waals surface area contributed by atoms with Crippen LogP contribution in [0.15, 0.2) is 0 Å². The third kappa shape index (κ3) is 4.16. The zero-order valence-electron chi connectivity index (χ0n) is 11.5. The first-order valence-corrected chi connectivity index (χ1v) is 12.1. The van der Waals surface area contributed by atoms with E-state index in [1.807, 2.05) is 0 Å². The van der Waals surface area contributed by atoms with E-state index in [-0.39, 0.29) is 0 Å². The molecule has 0 atom stereocenters. The van der Waals surface area contributed by atoms with E-state index in [0.717, 1.165) is 5.38 Å². The fraction of sp³-hybridized carbons (Fsp3) is 1.00. The van der Waals surface area contributed by atoms with E-state index in [1.165, 1.54) is 18.1 Å². The lowest BCUT2D eigenvalue weighted by molar-refractivity contribution is 0.131. The summed E-state index contributed by atoms with van der Waals surface area (Å²) in [5.41, 5.74) is 0. The second kappa shape index (κ2) is 7.89. The van der Waals surface area contributed by atoms with E-state index in [9.17, 15) is 0 Å². The van der Waals surface area contributed by atoms with Crippen molar-refractivity contribution in [1.29, 1.82) is 0 Å². The molecule has 0 amide bonds.